The first-order valence-electron chi connectivity index (χ1n) is 6.93. The molecule has 0 unspecified atom stereocenters. The predicted octanol–water partition coefficient (Wildman–Crippen LogP) is 4.10. The van der Waals surface area contributed by atoms with Crippen LogP contribution in [0.15, 0.2) is 0 Å². The monoisotopic (exact) mass is 204 g/mol. The quantitative estimate of drug-likeness (QED) is 0.557. The highest BCUT2D eigenvalue weighted by Crippen LogP contribution is 2.91. The molecule has 6 bridgehead atoms. The Hall–Kier alpha value is 0. The molecule has 0 radical (unpaired) electrons. The van der Waals surface area contributed by atoms with Crippen molar-refractivity contribution in [3.8, 4) is 0 Å². The molecule has 0 aliphatic heterocycles. The van der Waals surface area contributed by atoms with Gasteiger partial charge in [0.2, 0.25) is 0 Å². The third kappa shape index (κ3) is 0.666. The lowest BCUT2D eigenvalue weighted by Crippen LogP contribution is -2.29. The standard InChI is InChI=1S/C15H24/c1-13(2)6-5-7-14(3)9-8-10-12(11(9)13)15(10,14)4/h9-12H,5-8H2,1-4H3/t9-,10+,11+,12+,14+,15+/m1/s1. The first-order valence-corrected chi connectivity index (χ1v) is 6.93. The molecule has 15 heavy (non-hydrogen) atoms. The highest BCUT2D eigenvalue weighted by molar-refractivity contribution is 5.33. The third-order valence-corrected chi connectivity index (χ3v) is 7.58. The van der Waals surface area contributed by atoms with Crippen LogP contribution >= 0.6 is 0 Å². The molecular formula is C15H24. The average Bonchev–Trinajstić information content (AvgIpc) is 2.49. The molecule has 84 valence electrons. The Morgan fingerprint density at radius 3 is 2.27 bits per heavy atom. The van der Waals surface area contributed by atoms with Crippen LogP contribution in [0.3, 0.4) is 0 Å². The molecule has 5 aliphatic rings. The molecule has 0 aromatic carbocycles. The van der Waals surface area contributed by atoms with Crippen molar-refractivity contribution in [3.05, 3.63) is 0 Å². The highest BCUT2D eigenvalue weighted by Gasteiger charge is 2.86. The summed E-state index contributed by atoms with van der Waals surface area (Å²) in [6.45, 7) is 10.4. The highest BCUT2D eigenvalue weighted by atomic mass is 14.9. The largest absolute Gasteiger partial charge is 0.0596 e. The summed E-state index contributed by atoms with van der Waals surface area (Å²) in [4.78, 5) is 0. The lowest BCUT2D eigenvalue weighted by atomic mass is 9.69. The van der Waals surface area contributed by atoms with E-state index in [0.29, 0.717) is 5.41 Å². The van der Waals surface area contributed by atoms with E-state index in [1.165, 1.54) is 19.3 Å². The maximum Gasteiger partial charge on any atom is -0.0204 e. The van der Waals surface area contributed by atoms with Crippen LogP contribution in [0, 0.1) is 39.9 Å². The lowest BCUT2D eigenvalue weighted by molar-refractivity contribution is 0.127. The van der Waals surface area contributed by atoms with Gasteiger partial charge in [0.15, 0.2) is 0 Å². The second-order valence-electron chi connectivity index (χ2n) is 8.04. The Morgan fingerprint density at radius 2 is 1.60 bits per heavy atom. The van der Waals surface area contributed by atoms with Gasteiger partial charge >= 0.3 is 0 Å². The summed E-state index contributed by atoms with van der Waals surface area (Å²) in [6.07, 6.45) is 6.10. The fraction of sp³-hybridized carbons (Fsp3) is 1.00. The molecule has 5 rings (SSSR count). The van der Waals surface area contributed by atoms with Crippen LogP contribution in [0.5, 0.6) is 0 Å². The van der Waals surface area contributed by atoms with Gasteiger partial charge < -0.3 is 0 Å². The Balaban J connectivity index is 1.89. The molecule has 6 atom stereocenters. The summed E-state index contributed by atoms with van der Waals surface area (Å²) in [5.74, 6) is 4.44. The topological polar surface area (TPSA) is 0 Å². The second-order valence-corrected chi connectivity index (χ2v) is 8.04. The fourth-order valence-corrected chi connectivity index (χ4v) is 6.75. The maximum atomic E-state index is 2.64. The molecular weight excluding hydrogens is 180 g/mol. The molecule has 0 heteroatoms. The van der Waals surface area contributed by atoms with Crippen LogP contribution in [0.1, 0.15) is 53.4 Å². The van der Waals surface area contributed by atoms with E-state index in [4.69, 9.17) is 0 Å². The van der Waals surface area contributed by atoms with Gasteiger partial charge in [0.1, 0.15) is 0 Å². The Morgan fingerprint density at radius 1 is 0.867 bits per heavy atom. The van der Waals surface area contributed by atoms with Crippen molar-refractivity contribution in [1.82, 2.24) is 0 Å². The number of hydrogen-bond donors (Lipinski definition) is 0. The Kier molecular flexibility index (Phi) is 1.24. The van der Waals surface area contributed by atoms with Gasteiger partial charge in [0.25, 0.3) is 0 Å². The summed E-state index contributed by atoms with van der Waals surface area (Å²) < 4.78 is 0. The maximum absolute atomic E-state index is 2.64. The van der Waals surface area contributed by atoms with Gasteiger partial charge in [-0.25, -0.2) is 0 Å². The lowest BCUT2D eigenvalue weighted by Gasteiger charge is -2.35. The summed E-state index contributed by atoms with van der Waals surface area (Å²) in [5, 5.41) is 0. The zero-order valence-electron chi connectivity index (χ0n) is 10.6. The van der Waals surface area contributed by atoms with Crippen LogP contribution in [-0.4, -0.2) is 0 Å². The van der Waals surface area contributed by atoms with E-state index < -0.39 is 0 Å². The molecule has 0 saturated heterocycles. The van der Waals surface area contributed by atoms with Crippen molar-refractivity contribution in [3.63, 3.8) is 0 Å². The zero-order valence-corrected chi connectivity index (χ0v) is 10.6. The van der Waals surface area contributed by atoms with Crippen LogP contribution in [0.2, 0.25) is 0 Å². The van der Waals surface area contributed by atoms with Crippen LogP contribution in [-0.2, 0) is 0 Å². The van der Waals surface area contributed by atoms with Gasteiger partial charge in [0, 0.05) is 0 Å². The van der Waals surface area contributed by atoms with Crippen molar-refractivity contribution >= 4 is 0 Å². The predicted molar refractivity (Wildman–Crippen MR) is 62.4 cm³/mol. The van der Waals surface area contributed by atoms with Crippen LogP contribution in [0.4, 0.5) is 0 Å². The summed E-state index contributed by atoms with van der Waals surface area (Å²) in [5.41, 5.74) is 2.16. The fourth-order valence-electron chi connectivity index (χ4n) is 6.75. The molecule has 5 fully saturated rings. The van der Waals surface area contributed by atoms with Gasteiger partial charge in [-0.15, -0.1) is 0 Å². The molecule has 0 amide bonds. The molecule has 0 heterocycles. The van der Waals surface area contributed by atoms with Crippen LogP contribution in [0.25, 0.3) is 0 Å². The summed E-state index contributed by atoms with van der Waals surface area (Å²) >= 11 is 0. The molecule has 0 aromatic rings. The first-order chi connectivity index (χ1) is 6.93. The Bertz CT molecular complexity index is 342. The zero-order chi connectivity index (χ0) is 10.6. The number of hydrogen-bond acceptors (Lipinski definition) is 0. The van der Waals surface area contributed by atoms with E-state index in [9.17, 15) is 0 Å². The van der Waals surface area contributed by atoms with E-state index in [2.05, 4.69) is 27.7 Å². The van der Waals surface area contributed by atoms with Gasteiger partial charge in [-0.1, -0.05) is 34.1 Å². The normalized spacial score (nSPS) is 68.0. The SMILES string of the molecule is CC1(C)CCC[C@@]2(C)[C@@H]3C[C@H]4[C@@H]([C@H]31)[C@]42C. The number of rotatable bonds is 0. The van der Waals surface area contributed by atoms with E-state index in [1.807, 2.05) is 0 Å². The molecule has 0 aromatic heterocycles. The summed E-state index contributed by atoms with van der Waals surface area (Å²) in [6, 6.07) is 0. The van der Waals surface area contributed by atoms with Gasteiger partial charge in [-0.05, 0) is 59.2 Å². The molecule has 0 N–H and O–H groups in total. The second kappa shape index (κ2) is 2.05. The Labute approximate surface area is 93.8 Å². The smallest absolute Gasteiger partial charge is 0.0204 e. The minimum Gasteiger partial charge on any atom is -0.0596 e. The van der Waals surface area contributed by atoms with Crippen molar-refractivity contribution in [2.45, 2.75) is 53.4 Å². The molecule has 0 spiro atoms. The minimum atomic E-state index is 0.649. The first kappa shape index (κ1) is 9.07. The molecule has 5 aliphatic carbocycles. The minimum absolute atomic E-state index is 0.649. The van der Waals surface area contributed by atoms with Crippen molar-refractivity contribution in [1.29, 1.82) is 0 Å². The van der Waals surface area contributed by atoms with Crippen molar-refractivity contribution in [2.24, 2.45) is 39.9 Å². The molecule has 5 saturated carbocycles. The average molecular weight is 204 g/mol. The van der Waals surface area contributed by atoms with Gasteiger partial charge in [-0.3, -0.25) is 0 Å². The molecule has 0 nitrogen and oxygen atoms in total. The van der Waals surface area contributed by atoms with Gasteiger partial charge in [0.05, 0.1) is 0 Å². The van der Waals surface area contributed by atoms with Crippen molar-refractivity contribution < 1.29 is 0 Å². The third-order valence-electron chi connectivity index (χ3n) is 7.58. The van der Waals surface area contributed by atoms with E-state index >= 15 is 0 Å². The summed E-state index contributed by atoms with van der Waals surface area (Å²) in [7, 11) is 0. The van der Waals surface area contributed by atoms with Crippen molar-refractivity contribution in [2.75, 3.05) is 0 Å². The van der Waals surface area contributed by atoms with E-state index in [0.717, 1.165) is 34.5 Å². The van der Waals surface area contributed by atoms with E-state index in [-0.39, 0.29) is 0 Å². The van der Waals surface area contributed by atoms with Gasteiger partial charge in [-0.2, -0.15) is 0 Å². The van der Waals surface area contributed by atoms with Crippen LogP contribution < -0.4 is 0 Å². The van der Waals surface area contributed by atoms with E-state index in [1.54, 1.807) is 6.42 Å².